The van der Waals surface area contributed by atoms with Crippen LogP contribution in [0.1, 0.15) is 29.8 Å². The molecule has 1 amide bonds. The van der Waals surface area contributed by atoms with Crippen molar-refractivity contribution in [1.82, 2.24) is 5.32 Å². The topological polar surface area (TPSA) is 73.9 Å². The summed E-state index contributed by atoms with van der Waals surface area (Å²) >= 11 is 0. The second kappa shape index (κ2) is 10.2. The number of carbonyl (C=O) groups is 2. The maximum absolute atomic E-state index is 12.3. The van der Waals surface area contributed by atoms with Crippen molar-refractivity contribution in [2.75, 3.05) is 20.3 Å². The molecule has 0 fully saturated rings. The SMILES string of the molecule is CCOc1cc(C(=O)O[C@H](C)C(=O)NCCc2ccccc2)ccc1OC. The second-order valence-corrected chi connectivity index (χ2v) is 5.87. The molecule has 144 valence electrons. The number of carbonyl (C=O) groups excluding carboxylic acids is 2. The lowest BCUT2D eigenvalue weighted by atomic mass is 10.1. The monoisotopic (exact) mass is 371 g/mol. The van der Waals surface area contributed by atoms with Crippen molar-refractivity contribution < 1.29 is 23.8 Å². The third-order valence-corrected chi connectivity index (χ3v) is 3.91. The summed E-state index contributed by atoms with van der Waals surface area (Å²) < 4.78 is 15.9. The molecule has 6 nitrogen and oxygen atoms in total. The first kappa shape index (κ1) is 20.3. The molecule has 2 aromatic carbocycles. The number of hydrogen-bond donors (Lipinski definition) is 1. The first-order valence-electron chi connectivity index (χ1n) is 8.88. The lowest BCUT2D eigenvalue weighted by Gasteiger charge is -2.15. The van der Waals surface area contributed by atoms with E-state index in [2.05, 4.69) is 5.32 Å². The van der Waals surface area contributed by atoms with Crippen LogP contribution < -0.4 is 14.8 Å². The summed E-state index contributed by atoms with van der Waals surface area (Å²) in [5.41, 5.74) is 1.42. The molecule has 1 atom stereocenters. The zero-order valence-electron chi connectivity index (χ0n) is 15.9. The van der Waals surface area contributed by atoms with Crippen LogP contribution in [0.2, 0.25) is 0 Å². The van der Waals surface area contributed by atoms with Gasteiger partial charge in [0.05, 0.1) is 19.3 Å². The molecule has 1 N–H and O–H groups in total. The van der Waals surface area contributed by atoms with Crippen molar-refractivity contribution in [2.45, 2.75) is 26.4 Å². The Morgan fingerprint density at radius 1 is 1.07 bits per heavy atom. The first-order chi connectivity index (χ1) is 13.0. The van der Waals surface area contributed by atoms with Gasteiger partial charge in [-0.25, -0.2) is 4.79 Å². The van der Waals surface area contributed by atoms with E-state index in [1.165, 1.54) is 7.11 Å². The lowest BCUT2D eigenvalue weighted by molar-refractivity contribution is -0.129. The molecular formula is C21H25NO5. The Hall–Kier alpha value is -3.02. The van der Waals surface area contributed by atoms with Crippen LogP contribution in [-0.4, -0.2) is 38.2 Å². The quantitative estimate of drug-likeness (QED) is 0.686. The van der Waals surface area contributed by atoms with Crippen LogP contribution in [-0.2, 0) is 16.0 Å². The maximum atomic E-state index is 12.3. The average Bonchev–Trinajstić information content (AvgIpc) is 2.68. The Morgan fingerprint density at radius 2 is 1.81 bits per heavy atom. The summed E-state index contributed by atoms with van der Waals surface area (Å²) in [6.07, 6.45) is -0.186. The highest BCUT2D eigenvalue weighted by Crippen LogP contribution is 2.28. The van der Waals surface area contributed by atoms with E-state index in [1.54, 1.807) is 25.1 Å². The fourth-order valence-corrected chi connectivity index (χ4v) is 2.47. The zero-order valence-corrected chi connectivity index (χ0v) is 15.9. The van der Waals surface area contributed by atoms with Crippen LogP contribution in [0, 0.1) is 0 Å². The molecule has 0 unspecified atom stereocenters. The predicted molar refractivity (Wildman–Crippen MR) is 102 cm³/mol. The highest BCUT2D eigenvalue weighted by atomic mass is 16.5. The number of hydrogen-bond acceptors (Lipinski definition) is 5. The number of esters is 1. The van der Waals surface area contributed by atoms with Crippen LogP contribution in [0.5, 0.6) is 11.5 Å². The van der Waals surface area contributed by atoms with Crippen LogP contribution in [0.3, 0.4) is 0 Å². The van der Waals surface area contributed by atoms with Crippen molar-refractivity contribution in [3.8, 4) is 11.5 Å². The third-order valence-electron chi connectivity index (χ3n) is 3.91. The van der Waals surface area contributed by atoms with Crippen molar-refractivity contribution in [3.05, 3.63) is 59.7 Å². The van der Waals surface area contributed by atoms with Gasteiger partial charge in [0.1, 0.15) is 0 Å². The number of ether oxygens (including phenoxy) is 3. The third kappa shape index (κ3) is 6.02. The van der Waals surface area contributed by atoms with Crippen molar-refractivity contribution in [2.24, 2.45) is 0 Å². The summed E-state index contributed by atoms with van der Waals surface area (Å²) in [5.74, 6) is 0.0525. The lowest BCUT2D eigenvalue weighted by Crippen LogP contribution is -2.36. The van der Waals surface area contributed by atoms with Gasteiger partial charge in [-0.15, -0.1) is 0 Å². The van der Waals surface area contributed by atoms with Gasteiger partial charge in [-0.3, -0.25) is 4.79 Å². The van der Waals surface area contributed by atoms with Crippen LogP contribution in [0.25, 0.3) is 0 Å². The van der Waals surface area contributed by atoms with E-state index in [0.717, 1.165) is 5.56 Å². The Morgan fingerprint density at radius 3 is 2.48 bits per heavy atom. The number of methoxy groups -OCH3 is 1. The summed E-state index contributed by atoms with van der Waals surface area (Å²) in [6.45, 7) is 4.30. The van der Waals surface area contributed by atoms with E-state index >= 15 is 0 Å². The van der Waals surface area contributed by atoms with Crippen molar-refractivity contribution in [1.29, 1.82) is 0 Å². The molecule has 2 rings (SSSR count). The van der Waals surface area contributed by atoms with E-state index < -0.39 is 12.1 Å². The van der Waals surface area contributed by atoms with Gasteiger partial charge >= 0.3 is 5.97 Å². The molecule has 0 heterocycles. The molecular weight excluding hydrogens is 346 g/mol. The molecule has 0 spiro atoms. The summed E-state index contributed by atoms with van der Waals surface area (Å²) in [7, 11) is 1.53. The van der Waals surface area contributed by atoms with E-state index in [-0.39, 0.29) is 5.91 Å². The van der Waals surface area contributed by atoms with E-state index in [9.17, 15) is 9.59 Å². The van der Waals surface area contributed by atoms with Gasteiger partial charge in [0.2, 0.25) is 0 Å². The fourth-order valence-electron chi connectivity index (χ4n) is 2.47. The number of nitrogens with one attached hydrogen (secondary N) is 1. The molecule has 0 radical (unpaired) electrons. The summed E-state index contributed by atoms with van der Waals surface area (Å²) in [5, 5.41) is 2.78. The van der Waals surface area contributed by atoms with Crippen molar-refractivity contribution in [3.63, 3.8) is 0 Å². The molecule has 27 heavy (non-hydrogen) atoms. The summed E-state index contributed by atoms with van der Waals surface area (Å²) in [4.78, 5) is 24.4. The van der Waals surface area contributed by atoms with Gasteiger partial charge in [-0.2, -0.15) is 0 Å². The fraction of sp³-hybridized carbons (Fsp3) is 0.333. The first-order valence-corrected chi connectivity index (χ1v) is 8.88. The average molecular weight is 371 g/mol. The van der Waals surface area contributed by atoms with Crippen molar-refractivity contribution >= 4 is 11.9 Å². The number of amides is 1. The van der Waals surface area contributed by atoms with E-state index in [1.807, 2.05) is 37.3 Å². The number of benzene rings is 2. The molecule has 6 heteroatoms. The number of rotatable bonds is 9. The van der Waals surface area contributed by atoms with Crippen LogP contribution in [0.15, 0.2) is 48.5 Å². The highest BCUT2D eigenvalue weighted by Gasteiger charge is 2.19. The molecule has 0 aromatic heterocycles. The van der Waals surface area contributed by atoms with Gasteiger partial charge < -0.3 is 19.5 Å². The Bertz CT molecular complexity index is 760. The Balaban J connectivity index is 1.88. The standard InChI is InChI=1S/C21H25NO5/c1-4-26-19-14-17(10-11-18(19)25-3)21(24)27-15(2)20(23)22-13-12-16-8-6-5-7-9-16/h5-11,14-15H,4,12-13H2,1-3H3,(H,22,23)/t15-/m1/s1. The largest absolute Gasteiger partial charge is 0.493 e. The Labute approximate surface area is 159 Å². The van der Waals surface area contributed by atoms with Gasteiger partial charge in [0.15, 0.2) is 17.6 Å². The molecule has 2 aromatic rings. The molecule has 0 saturated heterocycles. The molecule has 0 aliphatic heterocycles. The summed E-state index contributed by atoms with van der Waals surface area (Å²) in [6, 6.07) is 14.6. The Kier molecular flexibility index (Phi) is 7.67. The van der Waals surface area contributed by atoms with Gasteiger partial charge in [0, 0.05) is 6.54 Å². The van der Waals surface area contributed by atoms with Gasteiger partial charge in [-0.1, -0.05) is 30.3 Å². The minimum atomic E-state index is -0.897. The normalized spacial score (nSPS) is 11.4. The maximum Gasteiger partial charge on any atom is 0.339 e. The molecule has 0 bridgehead atoms. The minimum Gasteiger partial charge on any atom is -0.493 e. The van der Waals surface area contributed by atoms with Gasteiger partial charge in [0.25, 0.3) is 5.91 Å². The van der Waals surface area contributed by atoms with E-state index in [0.29, 0.717) is 36.6 Å². The zero-order chi connectivity index (χ0) is 19.6. The second-order valence-electron chi connectivity index (χ2n) is 5.87. The van der Waals surface area contributed by atoms with Crippen LogP contribution in [0.4, 0.5) is 0 Å². The van der Waals surface area contributed by atoms with E-state index in [4.69, 9.17) is 14.2 Å². The molecule has 0 saturated carbocycles. The smallest absolute Gasteiger partial charge is 0.339 e. The van der Waals surface area contributed by atoms with Gasteiger partial charge in [-0.05, 0) is 44.0 Å². The predicted octanol–water partition coefficient (Wildman–Crippen LogP) is 3.00. The highest BCUT2D eigenvalue weighted by molar-refractivity contribution is 5.92. The molecule has 0 aliphatic carbocycles. The molecule has 0 aliphatic rings. The minimum absolute atomic E-state index is 0.295. The van der Waals surface area contributed by atoms with Crippen LogP contribution >= 0.6 is 0 Å².